The van der Waals surface area contributed by atoms with Gasteiger partial charge in [0, 0.05) is 56.4 Å². The minimum absolute atomic E-state index is 0.0142. The number of nitrogens with one attached hydrogen (secondary N) is 4. The average molecular weight is 1380 g/mol. The van der Waals surface area contributed by atoms with E-state index in [9.17, 15) is 34.9 Å². The molecule has 7 aromatic heterocycles. The number of aliphatic hydroxyl groups excluding tert-OH is 1. The Bertz CT molecular complexity index is 4320. The predicted molar refractivity (Wildman–Crippen MR) is 342 cm³/mol. The number of methoxy groups -OCH3 is 1. The first-order valence-corrected chi connectivity index (χ1v) is 33.6. The lowest BCUT2D eigenvalue weighted by molar-refractivity contribution is -0.280. The number of thiazole rings is 5. The van der Waals surface area contributed by atoms with Gasteiger partial charge in [0.15, 0.2) is 18.1 Å². The van der Waals surface area contributed by atoms with Crippen molar-refractivity contribution in [2.75, 3.05) is 41.9 Å². The number of rotatable bonds is 8. The zero-order valence-corrected chi connectivity index (χ0v) is 55.8. The fourth-order valence-electron chi connectivity index (χ4n) is 11.8. The number of fused-ring (bicyclic) bond motifs is 15. The number of aromatic hydroxyl groups is 1. The fourth-order valence-corrected chi connectivity index (χ4v) is 16.0. The Morgan fingerprint density at radius 2 is 1.49 bits per heavy atom. The Balaban J connectivity index is 1.05. The zero-order chi connectivity index (χ0) is 66.8. The van der Waals surface area contributed by atoms with Crippen LogP contribution >= 0.6 is 56.7 Å². The van der Waals surface area contributed by atoms with Crippen molar-refractivity contribution in [3.8, 4) is 38.4 Å². The number of ether oxygens (including phenoxy) is 6. The molecule has 11 heterocycles. The number of esters is 2. The molecule has 0 spiro atoms. The molecule has 4 amide bonds. The first-order chi connectivity index (χ1) is 44.8. The van der Waals surface area contributed by atoms with Crippen LogP contribution < -0.4 is 21.3 Å². The minimum atomic E-state index is -1.89. The molecule has 8 aromatic rings. The van der Waals surface area contributed by atoms with E-state index in [0.29, 0.717) is 27.5 Å². The van der Waals surface area contributed by atoms with E-state index in [1.54, 1.807) is 50.4 Å². The van der Waals surface area contributed by atoms with Gasteiger partial charge < -0.3 is 80.0 Å². The molecule has 1 aromatic carbocycles. The van der Waals surface area contributed by atoms with Crippen LogP contribution in [0.3, 0.4) is 0 Å². The molecule has 34 heteroatoms. The van der Waals surface area contributed by atoms with Crippen LogP contribution in [0.25, 0.3) is 49.3 Å². The number of pyridine rings is 1. The standard InChI is InChI=1S/C60H63N13O16S5/c1-24(74)40-52(79)69-41(25(2)84-9)55-65-35(23-93-55)51(78)70-44-46-47(89-38-14-60(4,82)48(72(7)8)26(3)88-38)59(81)86-16-27-11-10-12-36-39(27)30(17-85-46)45(73(36)83)58(80)87-18-31(62-49(76)33-22-94-57(44)66-33)54-63-32(20-92-54)42-29(53-64-34(21-91-53)50(77)68-40)13-37(75)43(67-42)56-61-28(19-90-56)15-71(5)6/h10-13,19-24,26,31,38,40,44,46-48,74-75,82-83H,14-18H2,1-9H3,(H,62,76)(H,68,77)(H,69,79)(H,70,78)/b41-25+/t24-,26+,31+,38+,40+,44+,46+,47+,48-,60+/m1/s1. The fraction of sp³-hybridized carbons (Fsp3) is 0.400. The van der Waals surface area contributed by atoms with Crippen molar-refractivity contribution in [1.82, 2.24) is 65.7 Å². The van der Waals surface area contributed by atoms with Crippen LogP contribution in [-0.4, -0.2) is 191 Å². The van der Waals surface area contributed by atoms with E-state index in [4.69, 9.17) is 48.4 Å². The van der Waals surface area contributed by atoms with Crippen molar-refractivity contribution in [2.45, 2.75) is 114 Å². The largest absolute Gasteiger partial charge is 0.506 e. The van der Waals surface area contributed by atoms with E-state index < -0.39 is 122 Å². The maximum atomic E-state index is 15.2. The van der Waals surface area contributed by atoms with E-state index >= 15 is 14.4 Å². The van der Waals surface area contributed by atoms with Crippen molar-refractivity contribution >= 4 is 109 Å². The molecule has 94 heavy (non-hydrogen) atoms. The van der Waals surface area contributed by atoms with Gasteiger partial charge in [0.05, 0.1) is 48.8 Å². The predicted octanol–water partition coefficient (Wildman–Crippen LogP) is 5.22. The number of benzene rings is 1. The third kappa shape index (κ3) is 12.9. The Labute approximate surface area is 555 Å². The molecule has 4 aliphatic heterocycles. The number of nitrogens with zero attached hydrogens (tertiary/aromatic N) is 9. The van der Waals surface area contributed by atoms with E-state index in [2.05, 4.69) is 31.2 Å². The Morgan fingerprint density at radius 1 is 0.819 bits per heavy atom. The van der Waals surface area contributed by atoms with Crippen LogP contribution in [0, 0.1) is 0 Å². The van der Waals surface area contributed by atoms with Gasteiger partial charge in [0.25, 0.3) is 17.7 Å². The maximum absolute atomic E-state index is 15.2. The summed E-state index contributed by atoms with van der Waals surface area (Å²) in [5.74, 6) is -5.89. The van der Waals surface area contributed by atoms with Crippen LogP contribution in [0.1, 0.15) is 120 Å². The number of carbonyl (C=O) groups is 6. The second-order valence-corrected chi connectivity index (χ2v) is 27.7. The number of likely N-dealkylation sites (N-methyl/N-ethyl adjacent to an activating group) is 1. The summed E-state index contributed by atoms with van der Waals surface area (Å²) < 4.78 is 38.3. The van der Waals surface area contributed by atoms with E-state index in [1.807, 2.05) is 24.4 Å². The molecule has 0 saturated carbocycles. The third-order valence-corrected chi connectivity index (χ3v) is 20.6. The number of allylic oxidation sites excluding steroid dienone is 1. The molecule has 12 rings (SSSR count). The summed E-state index contributed by atoms with van der Waals surface area (Å²) in [6.07, 6.45) is -7.36. The van der Waals surface area contributed by atoms with Crippen LogP contribution in [0.4, 0.5) is 0 Å². The number of cyclic esters (lactones) is 2. The van der Waals surface area contributed by atoms with Gasteiger partial charge in [-0.15, -0.1) is 56.7 Å². The normalized spacial score (nSPS) is 24.8. The number of amides is 4. The van der Waals surface area contributed by atoms with Crippen LogP contribution in [0.15, 0.2) is 56.9 Å². The quantitative estimate of drug-likeness (QED) is 0.0549. The number of aromatic nitrogens is 7. The van der Waals surface area contributed by atoms with Gasteiger partial charge in [0.1, 0.15) is 114 Å². The van der Waals surface area contributed by atoms with Gasteiger partial charge in [-0.1, -0.05) is 12.1 Å². The van der Waals surface area contributed by atoms with Crippen molar-refractivity contribution in [3.05, 3.63) is 112 Å². The highest BCUT2D eigenvalue weighted by Gasteiger charge is 2.50. The zero-order valence-electron chi connectivity index (χ0n) is 51.7. The highest BCUT2D eigenvalue weighted by Crippen LogP contribution is 2.43. The van der Waals surface area contributed by atoms with Gasteiger partial charge in [-0.25, -0.2) is 39.5 Å². The lowest BCUT2D eigenvalue weighted by Crippen LogP contribution is -2.62. The summed E-state index contributed by atoms with van der Waals surface area (Å²) in [5.41, 5.74) is -0.882. The highest BCUT2D eigenvalue weighted by molar-refractivity contribution is 7.14. The van der Waals surface area contributed by atoms with Gasteiger partial charge in [-0.3, -0.25) is 19.2 Å². The Kier molecular flexibility index (Phi) is 18.5. The van der Waals surface area contributed by atoms with Gasteiger partial charge in [-0.05, 0) is 73.6 Å². The summed E-state index contributed by atoms with van der Waals surface area (Å²) in [6, 6.07) is 1.07. The van der Waals surface area contributed by atoms with Crippen molar-refractivity contribution < 1.29 is 77.7 Å². The van der Waals surface area contributed by atoms with Gasteiger partial charge in [-0.2, -0.15) is 4.73 Å². The number of hydrogen-bond donors (Lipinski definition) is 8. The SMILES string of the molecule is CO/C(C)=C1/NC(=O)[C@H]([C@@H](C)O)NC(=O)c2csc(n2)-c2cc(O)c(-c3nc(CN(C)C)cs3)nc2-c2csc(n2)[C@@H]2COC(=O)c3c4c5c(cccc5n3O)COC(=O)[C@@H](O[C@H]3C[C@](C)(O)[C@H](N(C)C)[C@H](C)O3)[C@@H](OC4)[C@H](NC(=O)c3csc1n3)c1nc(cs1)C(=O)N2. The molecule has 0 aliphatic carbocycles. The molecular formula is C60H63N13O16S5. The molecule has 0 unspecified atom stereocenters. The minimum Gasteiger partial charge on any atom is -0.506 e. The van der Waals surface area contributed by atoms with Crippen molar-refractivity contribution in [3.63, 3.8) is 0 Å². The van der Waals surface area contributed by atoms with Gasteiger partial charge in [0.2, 0.25) is 5.91 Å². The highest BCUT2D eigenvalue weighted by atomic mass is 32.1. The molecule has 29 nitrogen and oxygen atoms in total. The lowest BCUT2D eigenvalue weighted by Gasteiger charge is -2.48. The van der Waals surface area contributed by atoms with E-state index in [0.717, 1.165) is 45.3 Å². The average Bonchev–Trinajstić information content (AvgIpc) is 1.04. The Morgan fingerprint density at radius 3 is 2.21 bits per heavy atom. The third-order valence-electron chi connectivity index (χ3n) is 16.0. The van der Waals surface area contributed by atoms with Crippen LogP contribution in [-0.2, 0) is 57.8 Å². The van der Waals surface area contributed by atoms with Crippen molar-refractivity contribution in [2.24, 2.45) is 0 Å². The van der Waals surface area contributed by atoms with Crippen molar-refractivity contribution in [1.29, 1.82) is 0 Å². The molecule has 10 atom stereocenters. The second-order valence-electron chi connectivity index (χ2n) is 23.4. The smallest absolute Gasteiger partial charge is 0.358 e. The van der Waals surface area contributed by atoms with E-state index in [-0.39, 0.29) is 99.9 Å². The molecule has 1 saturated heterocycles. The molecule has 4 aliphatic rings. The number of aliphatic hydroxyl groups is 2. The first kappa shape index (κ1) is 65.8. The molecule has 12 bridgehead atoms. The number of carbonyl (C=O) groups excluding carboxylic acids is 6. The first-order valence-electron chi connectivity index (χ1n) is 29.2. The second kappa shape index (κ2) is 26.5. The number of hydrogen-bond acceptors (Lipinski definition) is 29. The molecule has 8 N–H and O–H groups in total. The topological polar surface area (TPSA) is 376 Å². The monoisotopic (exact) mass is 1380 g/mol. The molecular weight excluding hydrogens is 1320 g/mol. The van der Waals surface area contributed by atoms with Gasteiger partial charge >= 0.3 is 11.9 Å². The molecule has 0 radical (unpaired) electrons. The molecule has 1 fully saturated rings. The molecule has 494 valence electrons. The summed E-state index contributed by atoms with van der Waals surface area (Å²) in [5, 5.41) is 66.7. The lowest BCUT2D eigenvalue weighted by atomic mass is 9.85. The van der Waals surface area contributed by atoms with Crippen LogP contribution in [0.2, 0.25) is 0 Å². The Hall–Kier alpha value is -8.26. The maximum Gasteiger partial charge on any atom is 0.358 e. The summed E-state index contributed by atoms with van der Waals surface area (Å²) in [7, 11) is 8.66. The van der Waals surface area contributed by atoms with E-state index in [1.165, 1.54) is 60.6 Å². The summed E-state index contributed by atoms with van der Waals surface area (Å²) in [4.78, 5) is 121. The summed E-state index contributed by atoms with van der Waals surface area (Å²) >= 11 is 5.06. The van der Waals surface area contributed by atoms with Crippen LogP contribution in [0.5, 0.6) is 5.75 Å². The summed E-state index contributed by atoms with van der Waals surface area (Å²) in [6.45, 7) is 4.96.